The van der Waals surface area contributed by atoms with Crippen molar-refractivity contribution in [1.82, 2.24) is 4.98 Å². The number of nitrogens with zero attached hydrogens (tertiary/aromatic N) is 1. The van der Waals surface area contributed by atoms with Gasteiger partial charge in [0.15, 0.2) is 0 Å². The van der Waals surface area contributed by atoms with Crippen LogP contribution in [-0.2, 0) is 6.42 Å². The first-order valence-corrected chi connectivity index (χ1v) is 5.71. The second kappa shape index (κ2) is 4.38. The van der Waals surface area contributed by atoms with Crippen LogP contribution >= 0.6 is 23.2 Å². The van der Waals surface area contributed by atoms with E-state index in [2.05, 4.69) is 11.9 Å². The smallest absolute Gasteiger partial charge is 0.0721 e. The van der Waals surface area contributed by atoms with Crippen molar-refractivity contribution >= 4 is 34.1 Å². The number of rotatable bonds is 2. The Kier molecular flexibility index (Phi) is 3.13. The second-order valence-corrected chi connectivity index (χ2v) is 4.35. The van der Waals surface area contributed by atoms with Crippen LogP contribution in [0.3, 0.4) is 0 Å². The SMILES string of the molecule is CCCc1cc(Cl)c2cc(Cl)ccc2n1. The molecule has 0 N–H and O–H groups in total. The van der Waals surface area contributed by atoms with Crippen LogP contribution in [0.4, 0.5) is 0 Å². The molecule has 2 aromatic rings. The highest BCUT2D eigenvalue weighted by Gasteiger charge is 2.04. The van der Waals surface area contributed by atoms with Crippen LogP contribution in [0.25, 0.3) is 10.9 Å². The maximum Gasteiger partial charge on any atom is 0.0721 e. The fourth-order valence-electron chi connectivity index (χ4n) is 1.59. The van der Waals surface area contributed by atoms with E-state index in [1.165, 1.54) is 0 Å². The lowest BCUT2D eigenvalue weighted by molar-refractivity contribution is 0.890. The summed E-state index contributed by atoms with van der Waals surface area (Å²) in [6.07, 6.45) is 2.03. The number of aryl methyl sites for hydroxylation is 1. The van der Waals surface area contributed by atoms with Crippen molar-refractivity contribution in [2.75, 3.05) is 0 Å². The molecule has 1 nitrogen and oxygen atoms in total. The van der Waals surface area contributed by atoms with Crippen LogP contribution in [-0.4, -0.2) is 4.98 Å². The molecule has 15 heavy (non-hydrogen) atoms. The zero-order valence-electron chi connectivity index (χ0n) is 8.43. The molecule has 0 saturated heterocycles. The average Bonchev–Trinajstić information content (AvgIpc) is 2.20. The zero-order valence-corrected chi connectivity index (χ0v) is 9.94. The van der Waals surface area contributed by atoms with Crippen molar-refractivity contribution in [2.45, 2.75) is 19.8 Å². The lowest BCUT2D eigenvalue weighted by Crippen LogP contribution is -1.90. The third-order valence-electron chi connectivity index (χ3n) is 2.28. The number of hydrogen-bond donors (Lipinski definition) is 0. The van der Waals surface area contributed by atoms with E-state index in [-0.39, 0.29) is 0 Å². The van der Waals surface area contributed by atoms with Crippen molar-refractivity contribution in [3.63, 3.8) is 0 Å². The third kappa shape index (κ3) is 2.24. The summed E-state index contributed by atoms with van der Waals surface area (Å²) in [5.41, 5.74) is 1.95. The molecule has 0 aliphatic heterocycles. The van der Waals surface area contributed by atoms with E-state index in [1.54, 1.807) is 0 Å². The standard InChI is InChI=1S/C12H11Cl2N/c1-2-3-9-7-11(14)10-6-8(13)4-5-12(10)15-9/h4-7H,2-3H2,1H3. The van der Waals surface area contributed by atoms with Gasteiger partial charge in [0.05, 0.1) is 10.5 Å². The molecule has 1 heterocycles. The minimum atomic E-state index is 0.689. The van der Waals surface area contributed by atoms with Gasteiger partial charge in [0, 0.05) is 16.1 Å². The maximum absolute atomic E-state index is 6.17. The van der Waals surface area contributed by atoms with Crippen LogP contribution in [0, 0.1) is 0 Å². The van der Waals surface area contributed by atoms with E-state index in [4.69, 9.17) is 23.2 Å². The van der Waals surface area contributed by atoms with E-state index >= 15 is 0 Å². The first kappa shape index (κ1) is 10.7. The first-order chi connectivity index (χ1) is 7.20. The predicted molar refractivity (Wildman–Crippen MR) is 65.8 cm³/mol. The highest BCUT2D eigenvalue weighted by molar-refractivity contribution is 6.36. The topological polar surface area (TPSA) is 12.9 Å². The van der Waals surface area contributed by atoms with Gasteiger partial charge in [0.1, 0.15) is 0 Å². The second-order valence-electron chi connectivity index (χ2n) is 3.51. The Hall–Kier alpha value is -0.790. The molecule has 0 saturated carbocycles. The average molecular weight is 240 g/mol. The molecule has 0 unspecified atom stereocenters. The van der Waals surface area contributed by atoms with Crippen LogP contribution in [0.2, 0.25) is 10.0 Å². The molecule has 0 bridgehead atoms. The number of hydrogen-bond acceptors (Lipinski definition) is 1. The van der Waals surface area contributed by atoms with Crippen LogP contribution in [0.5, 0.6) is 0 Å². The largest absolute Gasteiger partial charge is 0.253 e. The summed E-state index contributed by atoms with van der Waals surface area (Å²) in [7, 11) is 0. The monoisotopic (exact) mass is 239 g/mol. The molecular weight excluding hydrogens is 229 g/mol. The Bertz CT molecular complexity index is 494. The molecule has 0 amide bonds. The summed E-state index contributed by atoms with van der Waals surface area (Å²) in [5.74, 6) is 0. The summed E-state index contributed by atoms with van der Waals surface area (Å²) >= 11 is 12.1. The van der Waals surface area contributed by atoms with E-state index in [1.807, 2.05) is 24.3 Å². The Morgan fingerprint density at radius 3 is 2.73 bits per heavy atom. The van der Waals surface area contributed by atoms with Gasteiger partial charge in [-0.2, -0.15) is 0 Å². The fourth-order valence-corrected chi connectivity index (χ4v) is 2.04. The number of benzene rings is 1. The molecule has 3 heteroatoms. The van der Waals surface area contributed by atoms with Crippen molar-refractivity contribution in [3.8, 4) is 0 Å². The van der Waals surface area contributed by atoms with Crippen LogP contribution < -0.4 is 0 Å². The number of fused-ring (bicyclic) bond motifs is 1. The van der Waals surface area contributed by atoms with Gasteiger partial charge in [0.25, 0.3) is 0 Å². The Morgan fingerprint density at radius 1 is 1.20 bits per heavy atom. The third-order valence-corrected chi connectivity index (χ3v) is 2.83. The maximum atomic E-state index is 6.17. The van der Waals surface area contributed by atoms with Gasteiger partial charge in [-0.3, -0.25) is 4.98 Å². The molecule has 78 valence electrons. The first-order valence-electron chi connectivity index (χ1n) is 4.95. The molecule has 0 radical (unpaired) electrons. The van der Waals surface area contributed by atoms with E-state index in [0.29, 0.717) is 5.02 Å². The number of aromatic nitrogens is 1. The van der Waals surface area contributed by atoms with Gasteiger partial charge >= 0.3 is 0 Å². The molecular formula is C12H11Cl2N. The Balaban J connectivity index is 2.62. The van der Waals surface area contributed by atoms with Crippen molar-refractivity contribution < 1.29 is 0 Å². The van der Waals surface area contributed by atoms with E-state index in [9.17, 15) is 0 Å². The molecule has 0 spiro atoms. The molecule has 0 aliphatic rings. The molecule has 1 aromatic heterocycles. The van der Waals surface area contributed by atoms with Gasteiger partial charge < -0.3 is 0 Å². The van der Waals surface area contributed by atoms with Gasteiger partial charge in [-0.1, -0.05) is 36.5 Å². The summed E-state index contributed by atoms with van der Waals surface area (Å²) in [6.45, 7) is 2.13. The number of halogens is 2. The lowest BCUT2D eigenvalue weighted by atomic mass is 10.1. The van der Waals surface area contributed by atoms with Crippen molar-refractivity contribution in [1.29, 1.82) is 0 Å². The Morgan fingerprint density at radius 2 is 2.00 bits per heavy atom. The lowest BCUT2D eigenvalue weighted by Gasteiger charge is -2.04. The summed E-state index contributed by atoms with van der Waals surface area (Å²) in [4.78, 5) is 4.52. The van der Waals surface area contributed by atoms with Crippen LogP contribution in [0.1, 0.15) is 19.0 Å². The highest BCUT2D eigenvalue weighted by Crippen LogP contribution is 2.26. The molecule has 1 aromatic carbocycles. The summed E-state index contributed by atoms with van der Waals surface area (Å²) in [5, 5.41) is 2.34. The molecule has 0 atom stereocenters. The quantitative estimate of drug-likeness (QED) is 0.753. The minimum Gasteiger partial charge on any atom is -0.253 e. The minimum absolute atomic E-state index is 0.689. The van der Waals surface area contributed by atoms with E-state index < -0.39 is 0 Å². The fraction of sp³-hybridized carbons (Fsp3) is 0.250. The van der Waals surface area contributed by atoms with Gasteiger partial charge in [-0.25, -0.2) is 0 Å². The van der Waals surface area contributed by atoms with Crippen LogP contribution in [0.15, 0.2) is 24.3 Å². The van der Waals surface area contributed by atoms with E-state index in [0.717, 1.165) is 34.5 Å². The zero-order chi connectivity index (χ0) is 10.8. The van der Waals surface area contributed by atoms with Gasteiger partial charge in [0.2, 0.25) is 0 Å². The predicted octanol–water partition coefficient (Wildman–Crippen LogP) is 4.49. The van der Waals surface area contributed by atoms with Crippen molar-refractivity contribution in [2.24, 2.45) is 0 Å². The molecule has 0 aliphatic carbocycles. The summed E-state index contributed by atoms with van der Waals surface area (Å²) < 4.78 is 0. The Labute approximate surface area is 99.0 Å². The van der Waals surface area contributed by atoms with Gasteiger partial charge in [-0.05, 0) is 30.7 Å². The number of pyridine rings is 1. The highest BCUT2D eigenvalue weighted by atomic mass is 35.5. The summed E-state index contributed by atoms with van der Waals surface area (Å²) in [6, 6.07) is 7.51. The van der Waals surface area contributed by atoms with Crippen molar-refractivity contribution in [3.05, 3.63) is 40.0 Å². The molecule has 2 rings (SSSR count). The normalized spacial score (nSPS) is 10.9. The van der Waals surface area contributed by atoms with Gasteiger partial charge in [-0.15, -0.1) is 0 Å². The molecule has 0 fully saturated rings.